The number of hydrogen-bond acceptors (Lipinski definition) is 15. The molecule has 0 bridgehead atoms. The number of halogens is 1. The number of aromatic nitrogens is 2. The average molecular weight is 902 g/mol. The second kappa shape index (κ2) is 18.8. The topological polar surface area (TPSA) is 313 Å². The molecule has 1 aromatic carbocycles. The van der Waals surface area contributed by atoms with Crippen molar-refractivity contribution in [3.05, 3.63) is 55.4 Å². The van der Waals surface area contributed by atoms with Crippen LogP contribution in [0.5, 0.6) is 11.5 Å². The second-order valence-corrected chi connectivity index (χ2v) is 16.3. The number of carbonyl (C=O) groups is 6. The number of phenols is 2. The smallest absolute Gasteiger partial charge is 1.00 e. The van der Waals surface area contributed by atoms with Crippen molar-refractivity contribution in [2.24, 2.45) is 5.16 Å². The summed E-state index contributed by atoms with van der Waals surface area (Å²) >= 11 is 8.36. The molecule has 0 unspecified atom stereocenters. The summed E-state index contributed by atoms with van der Waals surface area (Å²) in [4.78, 5) is 99.2. The van der Waals surface area contributed by atoms with Crippen LogP contribution in [-0.4, -0.2) is 142 Å². The molecule has 3 aliphatic rings. The predicted molar refractivity (Wildman–Crippen MR) is 212 cm³/mol. The van der Waals surface area contributed by atoms with Gasteiger partial charge in [-0.3, -0.25) is 28.9 Å². The molecule has 0 saturated carbocycles. The van der Waals surface area contributed by atoms with E-state index in [1.54, 1.807) is 11.5 Å². The SMILES string of the molecule is CCn1cc(C(=O)NCC[N+]2(CC3=C(C(=O)O)N4C(=O)[C@@H](NC(=O)/C(=N\O[C@@H](CC(=O)O)C(=O)O)c5csc(N)n5)[C@H]4SC3)CCCC2)c(=O)c2c(Cl)c(O)c(O)cc21.[H-].[Na+]. The van der Waals surface area contributed by atoms with E-state index in [1.165, 1.54) is 29.4 Å². The van der Waals surface area contributed by atoms with Crippen molar-refractivity contribution in [1.82, 2.24) is 25.1 Å². The van der Waals surface area contributed by atoms with E-state index in [1.807, 2.05) is 0 Å². The molecule has 3 aromatic rings. The maximum absolute atomic E-state index is 13.6. The number of carbonyl (C=O) groups excluding carboxylic acids is 3. The van der Waals surface area contributed by atoms with E-state index in [0.717, 1.165) is 29.1 Å². The number of nitrogens with one attached hydrogen (secondary N) is 2. The third-order valence-electron chi connectivity index (χ3n) is 10.2. The van der Waals surface area contributed by atoms with Crippen LogP contribution in [0.15, 0.2) is 38.9 Å². The number of aryl methyl sites for hydroxylation is 1. The number of carboxylic acid groups (broad SMARTS) is 3. The number of aromatic hydroxyl groups is 2. The van der Waals surface area contributed by atoms with Crippen molar-refractivity contribution in [2.45, 2.75) is 50.3 Å². The Balaban J connectivity index is 0.00000410. The van der Waals surface area contributed by atoms with Crippen LogP contribution in [0.1, 0.15) is 43.7 Å². The molecule has 3 amide bonds. The molecule has 2 fully saturated rings. The number of quaternary nitrogens is 1. The van der Waals surface area contributed by atoms with Gasteiger partial charge in [-0.05, 0) is 6.92 Å². The fourth-order valence-corrected chi connectivity index (χ4v) is 9.49. The van der Waals surface area contributed by atoms with Crippen molar-refractivity contribution in [3.63, 3.8) is 0 Å². The monoisotopic (exact) mass is 901 g/mol. The zero-order valence-corrected chi connectivity index (χ0v) is 36.4. The van der Waals surface area contributed by atoms with Crippen LogP contribution in [0.2, 0.25) is 5.02 Å². The van der Waals surface area contributed by atoms with Gasteiger partial charge < -0.3 is 57.2 Å². The number of fused-ring (bicyclic) bond motifs is 2. The van der Waals surface area contributed by atoms with Gasteiger partial charge in [-0.15, -0.1) is 23.1 Å². The van der Waals surface area contributed by atoms with E-state index in [4.69, 9.17) is 27.3 Å². The van der Waals surface area contributed by atoms with Gasteiger partial charge in [0.1, 0.15) is 34.9 Å². The number of nitrogens with zero attached hydrogens (tertiary/aromatic N) is 5. The molecular weight excluding hydrogens is 863 g/mol. The minimum absolute atomic E-state index is 0. The third kappa shape index (κ3) is 9.21. The fraction of sp³-hybridized carbons (Fsp3) is 0.400. The largest absolute Gasteiger partial charge is 1.00 e. The molecule has 25 heteroatoms. The van der Waals surface area contributed by atoms with Gasteiger partial charge in [0.05, 0.1) is 48.5 Å². The van der Waals surface area contributed by atoms with Crippen molar-refractivity contribution in [3.8, 4) is 11.5 Å². The summed E-state index contributed by atoms with van der Waals surface area (Å²) in [5.41, 5.74) is 4.46. The number of thioether (sulfide) groups is 1. The number of oxime groups is 1. The normalized spacial score (nSPS) is 18.9. The summed E-state index contributed by atoms with van der Waals surface area (Å²) in [5.74, 6) is -8.03. The molecular formula is C35H39ClN8NaO13S2+. The summed E-state index contributed by atoms with van der Waals surface area (Å²) in [6, 6.07) is -0.0447. The summed E-state index contributed by atoms with van der Waals surface area (Å²) in [5, 5.41) is 57.8. The van der Waals surface area contributed by atoms with Gasteiger partial charge >= 0.3 is 47.5 Å². The van der Waals surface area contributed by atoms with E-state index in [2.05, 4.69) is 20.8 Å². The number of pyridine rings is 1. The Kier molecular flexibility index (Phi) is 14.5. The molecule has 2 saturated heterocycles. The predicted octanol–water partition coefficient (Wildman–Crippen LogP) is -2.33. The van der Waals surface area contributed by atoms with Gasteiger partial charge in [-0.1, -0.05) is 16.8 Å². The number of carboxylic acids is 3. The molecule has 3 aliphatic heterocycles. The Morgan fingerprint density at radius 1 is 1.17 bits per heavy atom. The first-order valence-corrected chi connectivity index (χ1v) is 20.3. The van der Waals surface area contributed by atoms with Crippen molar-refractivity contribution in [2.75, 3.05) is 44.2 Å². The number of phenolic OH excluding ortho intramolecular Hbond substituents is 2. The van der Waals surface area contributed by atoms with E-state index in [-0.39, 0.29) is 87.8 Å². The summed E-state index contributed by atoms with van der Waals surface area (Å²) in [6.45, 7) is 4.04. The molecule has 0 spiro atoms. The Morgan fingerprint density at radius 2 is 1.87 bits per heavy atom. The number of likely N-dealkylation sites (tertiary alicyclic amines) is 1. The second-order valence-electron chi connectivity index (χ2n) is 13.9. The molecule has 2 aromatic heterocycles. The van der Waals surface area contributed by atoms with Gasteiger partial charge in [-0.25, -0.2) is 14.6 Å². The molecule has 0 aliphatic carbocycles. The maximum Gasteiger partial charge on any atom is 1.00 e. The summed E-state index contributed by atoms with van der Waals surface area (Å²) in [6.07, 6.45) is 0.0412. The first-order chi connectivity index (χ1) is 28.0. The van der Waals surface area contributed by atoms with Crippen molar-refractivity contribution >= 4 is 92.1 Å². The standard InChI is InChI=1S/C35H37ClN8O13S2.Na.H/c1-2-42-11-16(27(48)22-18(42)9-19(45)28(49)23(22)36)29(50)38-5-8-44(6-3-4-7-44)12-15-13-58-32-25(31(52)43(32)26(15)34(55)56)40-30(51)24(17-14-59-35(37)39-17)41-57-20(33(53)54)10-21(46)47;;/h9,11,14,20,25,32H,2-8,10,12-13H2,1H3,(H8-,37,38,39,40,41,45,46,47,48,49,50,51,53,54,55,56);;/q;+1;-1/p+1/t20-,25+,32+;;/m0../s1. The molecule has 3 atom stereocenters. The number of rotatable bonds is 16. The number of aliphatic carboxylic acids is 3. The van der Waals surface area contributed by atoms with Gasteiger partial charge in [0.15, 0.2) is 22.3 Å². The van der Waals surface area contributed by atoms with E-state index in [9.17, 15) is 54.0 Å². The van der Waals surface area contributed by atoms with Gasteiger partial charge in [0.2, 0.25) is 11.5 Å². The number of anilines is 1. The van der Waals surface area contributed by atoms with Crippen LogP contribution in [0.3, 0.4) is 0 Å². The number of benzene rings is 1. The summed E-state index contributed by atoms with van der Waals surface area (Å²) < 4.78 is 1.93. The molecule has 5 heterocycles. The number of thiazole rings is 1. The van der Waals surface area contributed by atoms with E-state index >= 15 is 0 Å². The number of hydrogen-bond donors (Lipinski definition) is 8. The van der Waals surface area contributed by atoms with Gasteiger partial charge in [0.25, 0.3) is 17.7 Å². The minimum atomic E-state index is -1.96. The molecule has 316 valence electrons. The van der Waals surface area contributed by atoms with Crippen LogP contribution >= 0.6 is 34.7 Å². The zero-order chi connectivity index (χ0) is 42.9. The van der Waals surface area contributed by atoms with Crippen LogP contribution in [-0.2, 0) is 35.4 Å². The number of nitrogens with two attached hydrogens (primary N) is 1. The Hall–Kier alpha value is -4.91. The molecule has 9 N–H and O–H groups in total. The van der Waals surface area contributed by atoms with Crippen molar-refractivity contribution in [1.29, 1.82) is 0 Å². The molecule has 6 rings (SSSR count). The molecule has 0 radical (unpaired) electrons. The Morgan fingerprint density at radius 3 is 2.47 bits per heavy atom. The van der Waals surface area contributed by atoms with Crippen LogP contribution in [0.4, 0.5) is 5.13 Å². The van der Waals surface area contributed by atoms with Crippen LogP contribution in [0, 0.1) is 0 Å². The Labute approximate surface area is 376 Å². The third-order valence-corrected chi connectivity index (χ3v) is 12.6. The number of β-lactam (4-membered cyclic amide) rings is 1. The van der Waals surface area contributed by atoms with E-state index < -0.39 is 82.2 Å². The summed E-state index contributed by atoms with van der Waals surface area (Å²) in [7, 11) is 0. The van der Waals surface area contributed by atoms with Gasteiger partial charge in [-0.2, -0.15) is 0 Å². The maximum atomic E-state index is 13.6. The minimum Gasteiger partial charge on any atom is -1.00 e. The fourth-order valence-electron chi connectivity index (χ4n) is 7.33. The van der Waals surface area contributed by atoms with Crippen molar-refractivity contribution < 1.29 is 94.6 Å². The van der Waals surface area contributed by atoms with Crippen LogP contribution < -0.4 is 51.4 Å². The van der Waals surface area contributed by atoms with Crippen LogP contribution in [0.25, 0.3) is 10.9 Å². The van der Waals surface area contributed by atoms with E-state index in [0.29, 0.717) is 36.2 Å². The molecule has 60 heavy (non-hydrogen) atoms. The quantitative estimate of drug-likeness (QED) is 0.0187. The molecule has 21 nitrogen and oxygen atoms in total. The zero-order valence-electron chi connectivity index (χ0n) is 33.0. The number of amides is 3. The first-order valence-electron chi connectivity index (χ1n) is 18.0. The first kappa shape index (κ1) is 46.2. The van der Waals surface area contributed by atoms with Gasteiger partial charge in [0, 0.05) is 48.4 Å². The average Bonchev–Trinajstić information content (AvgIpc) is 3.83. The Bertz CT molecular complexity index is 2410. The number of nitrogen functional groups attached to an aromatic ring is 1.